The smallest absolute Gasteiger partial charge is 0.416 e. The predicted molar refractivity (Wildman–Crippen MR) is 112 cm³/mol. The summed E-state index contributed by atoms with van der Waals surface area (Å²) < 4.78 is 17.4. The van der Waals surface area contributed by atoms with Gasteiger partial charge in [-0.2, -0.15) is 0 Å². The SMILES string of the molecule is CCN(C(=O)OC(C)(C)C)C1=N[C@@H]2C[C@H](OCc3ccccc3)[C@@H](C=O)O[C@@H]2S1. The molecular formula is C21H28N2O5S. The van der Waals surface area contributed by atoms with Gasteiger partial charge in [-0.15, -0.1) is 0 Å². The molecule has 0 radical (unpaired) electrons. The van der Waals surface area contributed by atoms with Gasteiger partial charge in [0.25, 0.3) is 0 Å². The maximum absolute atomic E-state index is 12.5. The summed E-state index contributed by atoms with van der Waals surface area (Å²) in [5, 5.41) is 0.560. The van der Waals surface area contributed by atoms with Gasteiger partial charge in [-0.05, 0) is 33.3 Å². The monoisotopic (exact) mass is 420 g/mol. The van der Waals surface area contributed by atoms with Crippen molar-refractivity contribution in [3.05, 3.63) is 35.9 Å². The number of rotatable bonds is 5. The third-order valence-electron chi connectivity index (χ3n) is 4.55. The lowest BCUT2D eigenvalue weighted by Crippen LogP contribution is -2.45. The molecule has 1 aromatic carbocycles. The van der Waals surface area contributed by atoms with Gasteiger partial charge < -0.3 is 19.0 Å². The Morgan fingerprint density at radius 3 is 2.69 bits per heavy atom. The first-order valence-electron chi connectivity index (χ1n) is 9.82. The molecule has 1 aromatic rings. The Hall–Kier alpha value is -1.90. The van der Waals surface area contributed by atoms with Crippen LogP contribution in [-0.4, -0.2) is 58.3 Å². The molecular weight excluding hydrogens is 392 g/mol. The van der Waals surface area contributed by atoms with Crippen molar-refractivity contribution in [2.24, 2.45) is 4.99 Å². The summed E-state index contributed by atoms with van der Waals surface area (Å²) in [5.41, 5.74) is 0.135. The zero-order chi connectivity index (χ0) is 21.0. The van der Waals surface area contributed by atoms with Gasteiger partial charge in [-0.1, -0.05) is 42.1 Å². The number of ether oxygens (including phenoxy) is 3. The average molecular weight is 421 g/mol. The zero-order valence-electron chi connectivity index (χ0n) is 17.2. The highest BCUT2D eigenvalue weighted by atomic mass is 32.2. The second kappa shape index (κ2) is 9.28. The van der Waals surface area contributed by atoms with E-state index in [1.807, 2.05) is 58.0 Å². The van der Waals surface area contributed by atoms with Crippen LogP contribution in [0.25, 0.3) is 0 Å². The van der Waals surface area contributed by atoms with Gasteiger partial charge in [0.15, 0.2) is 11.5 Å². The van der Waals surface area contributed by atoms with Gasteiger partial charge in [0, 0.05) is 13.0 Å². The quantitative estimate of drug-likeness (QED) is 0.677. The second-order valence-electron chi connectivity index (χ2n) is 8.00. The Balaban J connectivity index is 1.66. The van der Waals surface area contributed by atoms with Gasteiger partial charge in [0.05, 0.1) is 18.8 Å². The molecule has 158 valence electrons. The normalized spacial score (nSPS) is 26.4. The van der Waals surface area contributed by atoms with E-state index in [1.54, 1.807) is 0 Å². The number of nitrogens with zero attached hydrogens (tertiary/aromatic N) is 2. The van der Waals surface area contributed by atoms with Crippen molar-refractivity contribution >= 4 is 29.3 Å². The Labute approximate surface area is 175 Å². The van der Waals surface area contributed by atoms with Crippen molar-refractivity contribution in [2.75, 3.05) is 6.54 Å². The summed E-state index contributed by atoms with van der Waals surface area (Å²) in [7, 11) is 0. The lowest BCUT2D eigenvalue weighted by atomic mass is 10.0. The minimum absolute atomic E-state index is 0.177. The molecule has 0 unspecified atom stereocenters. The summed E-state index contributed by atoms with van der Waals surface area (Å²) in [6.07, 6.45) is -0.124. The molecule has 2 aliphatic rings. The number of hydrogen-bond acceptors (Lipinski definition) is 7. The third-order valence-corrected chi connectivity index (χ3v) is 5.74. The van der Waals surface area contributed by atoms with Crippen LogP contribution in [0.4, 0.5) is 4.79 Å². The molecule has 1 amide bonds. The number of aldehydes is 1. The number of aliphatic imine (C=N–C) groups is 1. The molecule has 0 aliphatic carbocycles. The predicted octanol–water partition coefficient (Wildman–Crippen LogP) is 3.61. The summed E-state index contributed by atoms with van der Waals surface area (Å²) in [5.74, 6) is 0. The second-order valence-corrected chi connectivity index (χ2v) is 9.06. The summed E-state index contributed by atoms with van der Waals surface area (Å²) in [4.78, 5) is 30.3. The zero-order valence-corrected chi connectivity index (χ0v) is 18.1. The Morgan fingerprint density at radius 2 is 2.07 bits per heavy atom. The van der Waals surface area contributed by atoms with Crippen molar-refractivity contribution in [2.45, 2.75) is 70.0 Å². The van der Waals surface area contributed by atoms with Crippen LogP contribution in [0, 0.1) is 0 Å². The van der Waals surface area contributed by atoms with Gasteiger partial charge in [0.2, 0.25) is 0 Å². The number of carbonyl (C=O) groups excluding carboxylic acids is 2. The van der Waals surface area contributed by atoms with E-state index in [2.05, 4.69) is 0 Å². The first kappa shape index (κ1) is 21.8. The molecule has 0 aromatic heterocycles. The van der Waals surface area contributed by atoms with E-state index >= 15 is 0 Å². The molecule has 29 heavy (non-hydrogen) atoms. The van der Waals surface area contributed by atoms with Crippen molar-refractivity contribution < 1.29 is 23.8 Å². The molecule has 8 heteroatoms. The van der Waals surface area contributed by atoms with E-state index in [1.165, 1.54) is 16.7 Å². The molecule has 3 rings (SSSR count). The number of amidine groups is 1. The number of benzene rings is 1. The first-order valence-corrected chi connectivity index (χ1v) is 10.7. The molecule has 0 saturated carbocycles. The van der Waals surface area contributed by atoms with Crippen LogP contribution in [-0.2, 0) is 25.6 Å². The molecule has 0 N–H and O–H groups in total. The first-order chi connectivity index (χ1) is 13.8. The number of hydrogen-bond donors (Lipinski definition) is 0. The van der Waals surface area contributed by atoms with E-state index in [0.717, 1.165) is 11.8 Å². The van der Waals surface area contributed by atoms with E-state index in [-0.39, 0.29) is 17.6 Å². The average Bonchev–Trinajstić information content (AvgIpc) is 3.07. The number of carbonyl (C=O) groups is 2. The van der Waals surface area contributed by atoms with Crippen molar-refractivity contribution in [3.63, 3.8) is 0 Å². The molecule has 2 aliphatic heterocycles. The van der Waals surface area contributed by atoms with Gasteiger partial charge >= 0.3 is 6.09 Å². The summed E-state index contributed by atoms with van der Waals surface area (Å²) in [6, 6.07) is 9.62. The highest BCUT2D eigenvalue weighted by Crippen LogP contribution is 2.38. The van der Waals surface area contributed by atoms with Gasteiger partial charge in [-0.25, -0.2) is 4.79 Å². The number of fused-ring (bicyclic) bond motifs is 1. The lowest BCUT2D eigenvalue weighted by Gasteiger charge is -2.34. The molecule has 0 spiro atoms. The van der Waals surface area contributed by atoms with Crippen LogP contribution in [0.2, 0.25) is 0 Å². The van der Waals surface area contributed by atoms with Crippen LogP contribution in [0.1, 0.15) is 39.7 Å². The van der Waals surface area contributed by atoms with Gasteiger partial charge in [-0.3, -0.25) is 9.89 Å². The van der Waals surface area contributed by atoms with E-state index in [4.69, 9.17) is 19.2 Å². The molecule has 1 saturated heterocycles. The lowest BCUT2D eigenvalue weighted by molar-refractivity contribution is -0.146. The molecule has 7 nitrogen and oxygen atoms in total. The Bertz CT molecular complexity index is 749. The molecule has 2 heterocycles. The van der Waals surface area contributed by atoms with Crippen LogP contribution in [0.3, 0.4) is 0 Å². The number of thioether (sulfide) groups is 1. The Morgan fingerprint density at radius 1 is 1.34 bits per heavy atom. The van der Waals surface area contributed by atoms with Crippen molar-refractivity contribution in [1.29, 1.82) is 0 Å². The fourth-order valence-electron chi connectivity index (χ4n) is 3.17. The molecule has 4 atom stereocenters. The van der Waals surface area contributed by atoms with Crippen LogP contribution < -0.4 is 0 Å². The maximum atomic E-state index is 12.5. The Kier molecular flexibility index (Phi) is 6.97. The third kappa shape index (κ3) is 5.58. The minimum Gasteiger partial charge on any atom is -0.443 e. The standard InChI is InChI=1S/C21H28N2O5S/c1-5-23(20(25)28-21(2,3)4)19-22-15-11-16(17(12-24)27-18(15)29-19)26-13-14-9-7-6-8-10-14/h6-10,12,15-18H,5,11,13H2,1-4H3/t15-,16+,17-,18-/m1/s1. The molecule has 0 bridgehead atoms. The minimum atomic E-state index is -0.654. The van der Waals surface area contributed by atoms with Crippen LogP contribution >= 0.6 is 11.8 Å². The fourth-order valence-corrected chi connectivity index (χ4v) is 4.41. The summed E-state index contributed by atoms with van der Waals surface area (Å²) in [6.45, 7) is 8.19. The highest BCUT2D eigenvalue weighted by Gasteiger charge is 2.44. The highest BCUT2D eigenvalue weighted by molar-refractivity contribution is 8.14. The van der Waals surface area contributed by atoms with Crippen molar-refractivity contribution in [1.82, 2.24) is 4.90 Å². The number of amides is 1. The van der Waals surface area contributed by atoms with Crippen LogP contribution in [0.5, 0.6) is 0 Å². The van der Waals surface area contributed by atoms with Crippen molar-refractivity contribution in [3.8, 4) is 0 Å². The van der Waals surface area contributed by atoms with Gasteiger partial charge in [0.1, 0.15) is 17.1 Å². The van der Waals surface area contributed by atoms with E-state index < -0.39 is 17.8 Å². The summed E-state index contributed by atoms with van der Waals surface area (Å²) >= 11 is 1.36. The molecule has 1 fully saturated rings. The van der Waals surface area contributed by atoms with E-state index in [9.17, 15) is 9.59 Å². The van der Waals surface area contributed by atoms with Crippen LogP contribution in [0.15, 0.2) is 35.3 Å². The topological polar surface area (TPSA) is 77.4 Å². The van der Waals surface area contributed by atoms with E-state index in [0.29, 0.717) is 24.7 Å². The largest absolute Gasteiger partial charge is 0.443 e. The fraction of sp³-hybridized carbons (Fsp3) is 0.571. The maximum Gasteiger partial charge on any atom is 0.416 e.